The molecule has 0 bridgehead atoms. The number of nitrogens with one attached hydrogen (secondary N) is 2. The normalized spacial score (nSPS) is 9.39. The van der Waals surface area contributed by atoms with Gasteiger partial charge in [-0.1, -0.05) is 11.6 Å². The summed E-state index contributed by atoms with van der Waals surface area (Å²) in [4.78, 5) is 11.4. The Labute approximate surface area is 111 Å². The maximum absolute atomic E-state index is 11.4. The van der Waals surface area contributed by atoms with Gasteiger partial charge in [0.25, 0.3) is 0 Å². The predicted molar refractivity (Wildman–Crippen MR) is 69.7 cm³/mol. The van der Waals surface area contributed by atoms with E-state index in [1.165, 1.54) is 0 Å². The van der Waals surface area contributed by atoms with Crippen molar-refractivity contribution < 1.29 is 9.53 Å². The number of benzene rings is 1. The number of nitrogens with zero attached hydrogens (tertiary/aromatic N) is 1. The number of anilines is 1. The fourth-order valence-corrected chi connectivity index (χ4v) is 1.49. The van der Waals surface area contributed by atoms with Gasteiger partial charge in [0.2, 0.25) is 5.91 Å². The standard InChI is InChI=1S/C12H14ClN3O2/c1-18-11-4-3-9(13)7-10(11)16-8-12(17)15-6-2-5-14/h3-4,7,16H,2,6,8H2,1H3,(H,15,17). The highest BCUT2D eigenvalue weighted by Crippen LogP contribution is 2.27. The number of rotatable bonds is 6. The zero-order valence-corrected chi connectivity index (χ0v) is 10.8. The minimum absolute atomic E-state index is 0.0993. The van der Waals surface area contributed by atoms with Crippen LogP contribution in [0.5, 0.6) is 5.75 Å². The molecule has 5 nitrogen and oxygen atoms in total. The van der Waals surface area contributed by atoms with Gasteiger partial charge in [-0.05, 0) is 18.2 Å². The second-order valence-corrected chi connectivity index (χ2v) is 3.89. The van der Waals surface area contributed by atoms with E-state index < -0.39 is 0 Å². The molecule has 1 amide bonds. The molecule has 0 unspecified atom stereocenters. The fourth-order valence-electron chi connectivity index (χ4n) is 1.31. The monoisotopic (exact) mass is 267 g/mol. The van der Waals surface area contributed by atoms with Gasteiger partial charge in [0.05, 0.1) is 31.8 Å². The summed E-state index contributed by atoms with van der Waals surface area (Å²) in [7, 11) is 1.54. The number of carbonyl (C=O) groups is 1. The lowest BCUT2D eigenvalue weighted by molar-refractivity contribution is -0.119. The zero-order chi connectivity index (χ0) is 13.4. The third-order valence-corrected chi connectivity index (χ3v) is 2.39. The Morgan fingerprint density at radius 2 is 2.33 bits per heavy atom. The molecule has 0 aliphatic heterocycles. The van der Waals surface area contributed by atoms with Crippen LogP contribution in [0, 0.1) is 11.3 Å². The molecule has 96 valence electrons. The van der Waals surface area contributed by atoms with Gasteiger partial charge < -0.3 is 15.4 Å². The van der Waals surface area contributed by atoms with Crippen LogP contribution in [-0.4, -0.2) is 26.1 Å². The molecule has 0 fully saturated rings. The summed E-state index contributed by atoms with van der Waals surface area (Å²) >= 11 is 5.86. The molecule has 0 radical (unpaired) electrons. The first-order valence-corrected chi connectivity index (χ1v) is 5.76. The van der Waals surface area contributed by atoms with E-state index >= 15 is 0 Å². The average Bonchev–Trinajstić information content (AvgIpc) is 2.37. The van der Waals surface area contributed by atoms with Crippen molar-refractivity contribution in [3.63, 3.8) is 0 Å². The van der Waals surface area contributed by atoms with E-state index in [-0.39, 0.29) is 12.5 Å². The Morgan fingerprint density at radius 1 is 1.56 bits per heavy atom. The van der Waals surface area contributed by atoms with Gasteiger partial charge in [-0.2, -0.15) is 5.26 Å². The molecule has 0 heterocycles. The van der Waals surface area contributed by atoms with Crippen LogP contribution in [-0.2, 0) is 4.79 Å². The lowest BCUT2D eigenvalue weighted by Crippen LogP contribution is -2.30. The summed E-state index contributed by atoms with van der Waals surface area (Å²) in [5.74, 6) is 0.427. The number of methoxy groups -OCH3 is 1. The maximum atomic E-state index is 11.4. The first-order chi connectivity index (χ1) is 8.67. The summed E-state index contributed by atoms with van der Waals surface area (Å²) in [6.45, 7) is 0.450. The molecule has 1 aromatic carbocycles. The molecule has 6 heteroatoms. The summed E-state index contributed by atoms with van der Waals surface area (Å²) in [6, 6.07) is 7.06. The van der Waals surface area contributed by atoms with E-state index in [4.69, 9.17) is 21.6 Å². The van der Waals surface area contributed by atoms with E-state index in [9.17, 15) is 4.79 Å². The van der Waals surface area contributed by atoms with Gasteiger partial charge in [-0.3, -0.25) is 4.79 Å². The van der Waals surface area contributed by atoms with Crippen molar-refractivity contribution in [1.82, 2.24) is 5.32 Å². The number of amides is 1. The van der Waals surface area contributed by atoms with Gasteiger partial charge >= 0.3 is 0 Å². The van der Waals surface area contributed by atoms with Crippen molar-refractivity contribution in [2.24, 2.45) is 0 Å². The van der Waals surface area contributed by atoms with Crippen LogP contribution in [0.4, 0.5) is 5.69 Å². The molecular weight excluding hydrogens is 254 g/mol. The Morgan fingerprint density at radius 3 is 3.00 bits per heavy atom. The number of ether oxygens (including phenoxy) is 1. The van der Waals surface area contributed by atoms with Gasteiger partial charge in [0.15, 0.2) is 0 Å². The van der Waals surface area contributed by atoms with Crippen LogP contribution in [0.3, 0.4) is 0 Å². The first-order valence-electron chi connectivity index (χ1n) is 5.38. The third-order valence-electron chi connectivity index (χ3n) is 2.16. The van der Waals surface area contributed by atoms with E-state index in [2.05, 4.69) is 10.6 Å². The molecule has 0 aliphatic carbocycles. The maximum Gasteiger partial charge on any atom is 0.239 e. The minimum Gasteiger partial charge on any atom is -0.495 e. The highest BCUT2D eigenvalue weighted by molar-refractivity contribution is 6.30. The Bertz CT molecular complexity index is 457. The van der Waals surface area contributed by atoms with Crippen molar-refractivity contribution in [1.29, 1.82) is 5.26 Å². The average molecular weight is 268 g/mol. The Hall–Kier alpha value is -1.93. The lowest BCUT2D eigenvalue weighted by Gasteiger charge is -2.11. The van der Waals surface area contributed by atoms with Crippen LogP contribution in [0.15, 0.2) is 18.2 Å². The molecular formula is C12H14ClN3O2. The molecule has 1 aromatic rings. The van der Waals surface area contributed by atoms with Gasteiger partial charge in [0, 0.05) is 11.6 Å². The van der Waals surface area contributed by atoms with Crippen LogP contribution in [0.2, 0.25) is 5.02 Å². The van der Waals surface area contributed by atoms with Crippen molar-refractivity contribution in [3.05, 3.63) is 23.2 Å². The Kier molecular flexibility index (Phi) is 5.81. The van der Waals surface area contributed by atoms with Gasteiger partial charge in [0.1, 0.15) is 5.75 Å². The highest BCUT2D eigenvalue weighted by atomic mass is 35.5. The predicted octanol–water partition coefficient (Wildman–Crippen LogP) is 1.79. The number of hydrogen-bond donors (Lipinski definition) is 2. The second kappa shape index (κ2) is 7.41. The SMILES string of the molecule is COc1ccc(Cl)cc1NCC(=O)NCCC#N. The molecule has 0 spiro atoms. The largest absolute Gasteiger partial charge is 0.495 e. The molecule has 18 heavy (non-hydrogen) atoms. The third kappa shape index (κ3) is 4.52. The van der Waals surface area contributed by atoms with Crippen molar-refractivity contribution in [3.8, 4) is 11.8 Å². The van der Waals surface area contributed by atoms with Crippen molar-refractivity contribution >= 4 is 23.2 Å². The molecule has 0 atom stereocenters. The minimum atomic E-state index is -0.188. The van der Waals surface area contributed by atoms with E-state index in [1.807, 2.05) is 6.07 Å². The van der Waals surface area contributed by atoms with E-state index in [1.54, 1.807) is 25.3 Å². The van der Waals surface area contributed by atoms with E-state index in [0.29, 0.717) is 29.4 Å². The number of nitriles is 1. The van der Waals surface area contributed by atoms with Crippen LogP contribution < -0.4 is 15.4 Å². The zero-order valence-electron chi connectivity index (χ0n) is 10.00. The summed E-state index contributed by atoms with van der Waals surface area (Å²) < 4.78 is 5.14. The van der Waals surface area contributed by atoms with Crippen molar-refractivity contribution in [2.45, 2.75) is 6.42 Å². The highest BCUT2D eigenvalue weighted by Gasteiger charge is 2.05. The molecule has 0 aliphatic rings. The molecule has 1 rings (SSSR count). The topological polar surface area (TPSA) is 74.2 Å². The molecule has 0 saturated heterocycles. The smallest absolute Gasteiger partial charge is 0.239 e. The first kappa shape index (κ1) is 14.1. The summed E-state index contributed by atoms with van der Waals surface area (Å²) in [5, 5.41) is 14.4. The van der Waals surface area contributed by atoms with Gasteiger partial charge in [-0.15, -0.1) is 0 Å². The van der Waals surface area contributed by atoms with Gasteiger partial charge in [-0.25, -0.2) is 0 Å². The summed E-state index contributed by atoms with van der Waals surface area (Å²) in [5.41, 5.74) is 0.653. The molecule has 0 aromatic heterocycles. The Balaban J connectivity index is 2.50. The lowest BCUT2D eigenvalue weighted by atomic mass is 10.3. The van der Waals surface area contributed by atoms with Crippen LogP contribution in [0.25, 0.3) is 0 Å². The van der Waals surface area contributed by atoms with Crippen LogP contribution >= 0.6 is 11.6 Å². The summed E-state index contributed by atoms with van der Waals surface area (Å²) in [6.07, 6.45) is 0.298. The number of halogens is 1. The number of carbonyl (C=O) groups excluding carboxylic acids is 1. The second-order valence-electron chi connectivity index (χ2n) is 3.46. The van der Waals surface area contributed by atoms with Crippen LogP contribution in [0.1, 0.15) is 6.42 Å². The fraction of sp³-hybridized carbons (Fsp3) is 0.333. The molecule has 2 N–H and O–H groups in total. The van der Waals surface area contributed by atoms with Crippen molar-refractivity contribution in [2.75, 3.05) is 25.5 Å². The molecule has 0 saturated carbocycles. The van der Waals surface area contributed by atoms with E-state index in [0.717, 1.165) is 0 Å². The number of hydrogen-bond acceptors (Lipinski definition) is 4. The quantitative estimate of drug-likeness (QED) is 0.771.